The van der Waals surface area contributed by atoms with Crippen LogP contribution in [0.15, 0.2) is 17.5 Å². The molecule has 106 valence electrons. The van der Waals surface area contributed by atoms with Crippen LogP contribution in [0.3, 0.4) is 0 Å². The van der Waals surface area contributed by atoms with E-state index in [0.29, 0.717) is 0 Å². The van der Waals surface area contributed by atoms with E-state index in [0.717, 1.165) is 4.88 Å². The summed E-state index contributed by atoms with van der Waals surface area (Å²) in [6, 6.07) is 3.40. The number of ether oxygens (including phenoxy) is 1. The van der Waals surface area contributed by atoms with Gasteiger partial charge >= 0.3 is 5.97 Å². The minimum absolute atomic E-state index is 0.119. The van der Waals surface area contributed by atoms with Crippen molar-refractivity contribution in [1.29, 1.82) is 0 Å². The number of hydrogen-bond acceptors (Lipinski definition) is 5. The highest BCUT2D eigenvalue weighted by molar-refractivity contribution is 7.10. The van der Waals surface area contributed by atoms with E-state index in [-0.39, 0.29) is 30.8 Å². The van der Waals surface area contributed by atoms with E-state index in [2.05, 4.69) is 10.1 Å². The fraction of sp³-hybridized carbons (Fsp3) is 0.538. The molecule has 0 saturated carbocycles. The van der Waals surface area contributed by atoms with Crippen LogP contribution in [0.1, 0.15) is 37.6 Å². The van der Waals surface area contributed by atoms with E-state index in [1.165, 1.54) is 18.4 Å². The van der Waals surface area contributed by atoms with Gasteiger partial charge in [-0.3, -0.25) is 9.59 Å². The third-order valence-electron chi connectivity index (χ3n) is 2.44. The Kier molecular flexibility index (Phi) is 5.50. The van der Waals surface area contributed by atoms with Crippen LogP contribution in [0.2, 0.25) is 0 Å². The molecule has 0 aromatic carbocycles. The van der Waals surface area contributed by atoms with E-state index in [1.807, 2.05) is 17.5 Å². The molecule has 0 spiro atoms. The van der Waals surface area contributed by atoms with Crippen molar-refractivity contribution in [3.63, 3.8) is 0 Å². The summed E-state index contributed by atoms with van der Waals surface area (Å²) >= 11 is 1.49. The Labute approximate surface area is 117 Å². The number of nitrogens with two attached hydrogens (primary N) is 1. The fourth-order valence-corrected chi connectivity index (χ4v) is 2.40. The van der Waals surface area contributed by atoms with Gasteiger partial charge in [0.15, 0.2) is 0 Å². The largest absolute Gasteiger partial charge is 0.469 e. The highest BCUT2D eigenvalue weighted by Crippen LogP contribution is 2.23. The minimum Gasteiger partial charge on any atom is -0.469 e. The molecule has 0 fully saturated rings. The van der Waals surface area contributed by atoms with Crippen LogP contribution in [0.25, 0.3) is 0 Å². The van der Waals surface area contributed by atoms with Gasteiger partial charge in [-0.05, 0) is 25.3 Å². The van der Waals surface area contributed by atoms with Gasteiger partial charge in [-0.25, -0.2) is 0 Å². The maximum atomic E-state index is 11.9. The Morgan fingerprint density at radius 1 is 1.53 bits per heavy atom. The summed E-state index contributed by atoms with van der Waals surface area (Å²) < 4.78 is 4.65. The molecule has 1 heterocycles. The average Bonchev–Trinajstić information content (AvgIpc) is 2.78. The first-order valence-corrected chi connectivity index (χ1v) is 6.88. The Balaban J connectivity index is 2.70. The fourth-order valence-electron chi connectivity index (χ4n) is 1.62. The van der Waals surface area contributed by atoms with Crippen LogP contribution in [-0.4, -0.2) is 24.5 Å². The van der Waals surface area contributed by atoms with Crippen molar-refractivity contribution in [2.75, 3.05) is 7.11 Å². The van der Waals surface area contributed by atoms with Gasteiger partial charge in [0.05, 0.1) is 19.6 Å². The molecule has 6 heteroatoms. The van der Waals surface area contributed by atoms with Crippen LogP contribution in [-0.2, 0) is 14.3 Å². The summed E-state index contributed by atoms with van der Waals surface area (Å²) in [5.41, 5.74) is 5.23. The first-order valence-electron chi connectivity index (χ1n) is 6.00. The molecule has 0 saturated heterocycles. The summed E-state index contributed by atoms with van der Waals surface area (Å²) in [6.45, 7) is 3.57. The molecule has 1 rings (SSSR count). The van der Waals surface area contributed by atoms with E-state index < -0.39 is 5.54 Å². The summed E-state index contributed by atoms with van der Waals surface area (Å²) in [5.74, 6) is -0.527. The lowest BCUT2D eigenvalue weighted by Crippen LogP contribution is -2.40. The monoisotopic (exact) mass is 284 g/mol. The van der Waals surface area contributed by atoms with Gasteiger partial charge in [0.2, 0.25) is 5.91 Å². The zero-order valence-electron chi connectivity index (χ0n) is 11.4. The lowest BCUT2D eigenvalue weighted by molar-refractivity contribution is -0.141. The number of amides is 1. The molecule has 5 nitrogen and oxygen atoms in total. The number of carbonyl (C=O) groups is 2. The van der Waals surface area contributed by atoms with Gasteiger partial charge in [0, 0.05) is 16.8 Å². The summed E-state index contributed by atoms with van der Waals surface area (Å²) in [5, 5.41) is 4.73. The van der Waals surface area contributed by atoms with Crippen LogP contribution >= 0.6 is 11.3 Å². The first-order chi connectivity index (χ1) is 8.81. The topological polar surface area (TPSA) is 81.4 Å². The van der Waals surface area contributed by atoms with Gasteiger partial charge in [-0.1, -0.05) is 6.07 Å². The van der Waals surface area contributed by atoms with Gasteiger partial charge in [0.25, 0.3) is 0 Å². The molecule has 1 atom stereocenters. The normalized spacial score (nSPS) is 12.8. The Hall–Kier alpha value is -1.40. The lowest BCUT2D eigenvalue weighted by atomic mass is 10.0. The third-order valence-corrected chi connectivity index (χ3v) is 3.42. The highest BCUT2D eigenvalue weighted by atomic mass is 32.1. The highest BCUT2D eigenvalue weighted by Gasteiger charge is 2.22. The summed E-state index contributed by atoms with van der Waals surface area (Å²) in [7, 11) is 1.33. The van der Waals surface area contributed by atoms with Crippen LogP contribution in [0.5, 0.6) is 0 Å². The molecule has 19 heavy (non-hydrogen) atoms. The standard InChI is InChI=1S/C13H20N2O3S/c1-13(2,14)8-11(16)15-9(7-12(17)18-3)10-5-4-6-19-10/h4-6,9H,7-8,14H2,1-3H3,(H,15,16). The third kappa shape index (κ3) is 5.85. The molecule has 1 aromatic rings. The van der Waals surface area contributed by atoms with Crippen molar-refractivity contribution in [2.45, 2.75) is 38.3 Å². The molecule has 0 aliphatic rings. The van der Waals surface area contributed by atoms with E-state index in [9.17, 15) is 9.59 Å². The second kappa shape index (κ2) is 6.68. The Morgan fingerprint density at radius 2 is 2.21 bits per heavy atom. The summed E-state index contributed by atoms with van der Waals surface area (Å²) in [4.78, 5) is 24.2. The van der Waals surface area contributed by atoms with Crippen molar-refractivity contribution in [1.82, 2.24) is 5.32 Å². The molecule has 0 aliphatic carbocycles. The molecule has 0 bridgehead atoms. The van der Waals surface area contributed by atoms with Crippen molar-refractivity contribution in [3.05, 3.63) is 22.4 Å². The molecule has 0 aliphatic heterocycles. The number of rotatable bonds is 6. The van der Waals surface area contributed by atoms with Crippen LogP contribution in [0, 0.1) is 0 Å². The molecular weight excluding hydrogens is 264 g/mol. The minimum atomic E-state index is -0.574. The van der Waals surface area contributed by atoms with Gasteiger partial charge in [0.1, 0.15) is 0 Å². The quantitative estimate of drug-likeness (QED) is 0.777. The van der Waals surface area contributed by atoms with Crippen LogP contribution in [0.4, 0.5) is 0 Å². The number of esters is 1. The maximum absolute atomic E-state index is 11.9. The smallest absolute Gasteiger partial charge is 0.307 e. The number of methoxy groups -OCH3 is 1. The predicted octanol–water partition coefficient (Wildman–Crippen LogP) is 1.60. The van der Waals surface area contributed by atoms with Crippen molar-refractivity contribution in [2.24, 2.45) is 5.73 Å². The Bertz CT molecular complexity index is 424. The van der Waals surface area contributed by atoms with Gasteiger partial charge in [-0.2, -0.15) is 0 Å². The molecular formula is C13H20N2O3S. The van der Waals surface area contributed by atoms with Crippen LogP contribution < -0.4 is 11.1 Å². The van der Waals surface area contributed by atoms with Gasteiger partial charge in [-0.15, -0.1) is 11.3 Å². The van der Waals surface area contributed by atoms with E-state index >= 15 is 0 Å². The second-order valence-electron chi connectivity index (χ2n) is 5.08. The van der Waals surface area contributed by atoms with Crippen molar-refractivity contribution >= 4 is 23.2 Å². The van der Waals surface area contributed by atoms with Gasteiger partial charge < -0.3 is 15.8 Å². The second-order valence-corrected chi connectivity index (χ2v) is 6.06. The number of hydrogen-bond donors (Lipinski definition) is 2. The van der Waals surface area contributed by atoms with Crippen molar-refractivity contribution in [3.8, 4) is 0 Å². The molecule has 0 radical (unpaired) electrons. The predicted molar refractivity (Wildman–Crippen MR) is 74.7 cm³/mol. The van der Waals surface area contributed by atoms with E-state index in [4.69, 9.17) is 5.73 Å². The Morgan fingerprint density at radius 3 is 2.68 bits per heavy atom. The SMILES string of the molecule is COC(=O)CC(NC(=O)CC(C)(C)N)c1cccs1. The number of thiophene rings is 1. The maximum Gasteiger partial charge on any atom is 0.307 e. The lowest BCUT2D eigenvalue weighted by Gasteiger charge is -2.21. The van der Waals surface area contributed by atoms with E-state index in [1.54, 1.807) is 13.8 Å². The number of nitrogens with one attached hydrogen (secondary N) is 1. The first kappa shape index (κ1) is 15.7. The van der Waals surface area contributed by atoms with Crippen molar-refractivity contribution < 1.29 is 14.3 Å². The molecule has 1 unspecified atom stereocenters. The molecule has 3 N–H and O–H groups in total. The zero-order valence-corrected chi connectivity index (χ0v) is 12.3. The molecule has 1 amide bonds. The average molecular weight is 284 g/mol. The molecule has 1 aromatic heterocycles. The number of carbonyl (C=O) groups excluding carboxylic acids is 2. The summed E-state index contributed by atoms with van der Waals surface area (Å²) in [6.07, 6.45) is 0.323. The zero-order chi connectivity index (χ0) is 14.5.